The highest BCUT2D eigenvalue weighted by atomic mass is 16.2. The van der Waals surface area contributed by atoms with E-state index >= 15 is 0 Å². The smallest absolute Gasteiger partial charge is 0.254 e. The number of nitrogens with two attached hydrogens (primary N) is 1. The van der Waals surface area contributed by atoms with Crippen molar-refractivity contribution < 1.29 is 4.79 Å². The normalized spacial score (nSPS) is 16.0. The van der Waals surface area contributed by atoms with Crippen LogP contribution in [0.2, 0.25) is 0 Å². The zero-order valence-electron chi connectivity index (χ0n) is 15.3. The third-order valence-corrected chi connectivity index (χ3v) is 4.87. The average Bonchev–Trinajstić information content (AvgIpc) is 2.60. The summed E-state index contributed by atoms with van der Waals surface area (Å²) in [7, 11) is 0. The summed E-state index contributed by atoms with van der Waals surface area (Å²) >= 11 is 0. The van der Waals surface area contributed by atoms with Gasteiger partial charge in [0.05, 0.1) is 0 Å². The minimum absolute atomic E-state index is 0.103. The molecule has 0 radical (unpaired) electrons. The minimum Gasteiger partial charge on any atom is -0.399 e. The van der Waals surface area contributed by atoms with Gasteiger partial charge in [0.15, 0.2) is 0 Å². The summed E-state index contributed by atoms with van der Waals surface area (Å²) < 4.78 is 0. The molecule has 1 amide bonds. The van der Waals surface area contributed by atoms with Crippen LogP contribution in [0.1, 0.15) is 31.1 Å². The van der Waals surface area contributed by atoms with E-state index in [1.165, 1.54) is 0 Å². The zero-order chi connectivity index (χ0) is 18.0. The molecule has 1 aliphatic heterocycles. The molecular weight excluding hydrogens is 310 g/mol. The lowest BCUT2D eigenvalue weighted by Gasteiger charge is -2.42. The Hall–Kier alpha value is -2.33. The standard InChI is InChI=1S/C21H27N3O/c1-21(2,3)24-13-11-23(12-14-24)20(25)19-10-5-4-9-18(19)16-7-6-8-17(22)15-16/h4-10,15H,11-14,22H2,1-3H3. The predicted octanol–water partition coefficient (Wildman–Crippen LogP) is 3.49. The second-order valence-electron chi connectivity index (χ2n) is 7.62. The van der Waals surface area contributed by atoms with Gasteiger partial charge in [0.2, 0.25) is 0 Å². The quantitative estimate of drug-likeness (QED) is 0.854. The maximum absolute atomic E-state index is 13.1. The van der Waals surface area contributed by atoms with Crippen LogP contribution in [0.25, 0.3) is 11.1 Å². The number of hydrogen-bond donors (Lipinski definition) is 1. The summed E-state index contributed by atoms with van der Waals surface area (Å²) in [5.74, 6) is 0.103. The number of piperazine rings is 1. The lowest BCUT2D eigenvalue weighted by molar-refractivity contribution is 0.0451. The van der Waals surface area contributed by atoms with Crippen LogP contribution in [0.15, 0.2) is 48.5 Å². The Morgan fingerprint density at radius 2 is 1.64 bits per heavy atom. The largest absolute Gasteiger partial charge is 0.399 e. The third-order valence-electron chi connectivity index (χ3n) is 4.87. The molecule has 4 nitrogen and oxygen atoms in total. The molecule has 0 unspecified atom stereocenters. The van der Waals surface area contributed by atoms with Gasteiger partial charge in [-0.1, -0.05) is 30.3 Å². The molecule has 132 valence electrons. The number of rotatable bonds is 2. The Labute approximate surface area is 150 Å². The van der Waals surface area contributed by atoms with Crippen LogP contribution in [-0.2, 0) is 0 Å². The van der Waals surface area contributed by atoms with Gasteiger partial charge in [-0.2, -0.15) is 0 Å². The number of hydrogen-bond acceptors (Lipinski definition) is 3. The summed E-state index contributed by atoms with van der Waals surface area (Å²) in [5.41, 5.74) is 9.45. The molecule has 2 N–H and O–H groups in total. The Morgan fingerprint density at radius 3 is 2.28 bits per heavy atom. The van der Waals surface area contributed by atoms with Crippen molar-refractivity contribution in [1.82, 2.24) is 9.80 Å². The molecule has 0 aromatic heterocycles. The van der Waals surface area contributed by atoms with Crippen LogP contribution in [0.5, 0.6) is 0 Å². The van der Waals surface area contributed by atoms with Crippen LogP contribution in [0.4, 0.5) is 5.69 Å². The van der Waals surface area contributed by atoms with E-state index in [2.05, 4.69) is 25.7 Å². The number of benzene rings is 2. The maximum atomic E-state index is 13.1. The van der Waals surface area contributed by atoms with E-state index in [9.17, 15) is 4.79 Å². The molecule has 1 heterocycles. The molecule has 3 rings (SSSR count). The fourth-order valence-electron chi connectivity index (χ4n) is 3.38. The maximum Gasteiger partial charge on any atom is 0.254 e. The van der Waals surface area contributed by atoms with Crippen molar-refractivity contribution in [2.45, 2.75) is 26.3 Å². The van der Waals surface area contributed by atoms with Crippen molar-refractivity contribution in [1.29, 1.82) is 0 Å². The van der Waals surface area contributed by atoms with Crippen molar-refractivity contribution in [3.63, 3.8) is 0 Å². The first-order valence-corrected chi connectivity index (χ1v) is 8.85. The van der Waals surface area contributed by atoms with E-state index in [-0.39, 0.29) is 11.4 Å². The van der Waals surface area contributed by atoms with Crippen molar-refractivity contribution in [2.75, 3.05) is 31.9 Å². The number of carbonyl (C=O) groups excluding carboxylic acids is 1. The number of nitrogen functional groups attached to an aromatic ring is 1. The number of anilines is 1. The van der Waals surface area contributed by atoms with E-state index in [0.717, 1.165) is 42.9 Å². The van der Waals surface area contributed by atoms with Gasteiger partial charge >= 0.3 is 0 Å². The Balaban J connectivity index is 1.82. The molecule has 0 aliphatic carbocycles. The second-order valence-corrected chi connectivity index (χ2v) is 7.62. The van der Waals surface area contributed by atoms with E-state index in [1.807, 2.05) is 53.4 Å². The van der Waals surface area contributed by atoms with E-state index in [0.29, 0.717) is 5.69 Å². The van der Waals surface area contributed by atoms with Crippen molar-refractivity contribution in [3.8, 4) is 11.1 Å². The fourth-order valence-corrected chi connectivity index (χ4v) is 3.38. The van der Waals surface area contributed by atoms with Gasteiger partial charge < -0.3 is 10.6 Å². The van der Waals surface area contributed by atoms with Crippen molar-refractivity contribution in [3.05, 3.63) is 54.1 Å². The van der Waals surface area contributed by atoms with Gasteiger partial charge in [0, 0.05) is 43.0 Å². The fraction of sp³-hybridized carbons (Fsp3) is 0.381. The first kappa shape index (κ1) is 17.5. The van der Waals surface area contributed by atoms with Gasteiger partial charge in [0.25, 0.3) is 5.91 Å². The van der Waals surface area contributed by atoms with Gasteiger partial charge in [-0.05, 0) is 50.1 Å². The lowest BCUT2D eigenvalue weighted by atomic mass is 9.98. The van der Waals surface area contributed by atoms with Gasteiger partial charge in [-0.25, -0.2) is 0 Å². The molecule has 25 heavy (non-hydrogen) atoms. The topological polar surface area (TPSA) is 49.6 Å². The molecule has 2 aromatic rings. The van der Waals surface area contributed by atoms with Gasteiger partial charge in [0.1, 0.15) is 0 Å². The molecule has 1 saturated heterocycles. The summed E-state index contributed by atoms with van der Waals surface area (Å²) in [6.07, 6.45) is 0. The average molecular weight is 337 g/mol. The van der Waals surface area contributed by atoms with E-state index in [4.69, 9.17) is 5.73 Å². The van der Waals surface area contributed by atoms with Crippen LogP contribution in [0.3, 0.4) is 0 Å². The molecule has 1 fully saturated rings. The molecular formula is C21H27N3O. The molecule has 2 aromatic carbocycles. The van der Waals surface area contributed by atoms with Gasteiger partial charge in [-0.3, -0.25) is 9.69 Å². The summed E-state index contributed by atoms with van der Waals surface area (Å²) in [5, 5.41) is 0. The number of carbonyl (C=O) groups is 1. The molecule has 1 aliphatic rings. The van der Waals surface area contributed by atoms with Crippen molar-refractivity contribution in [2.24, 2.45) is 0 Å². The highest BCUT2D eigenvalue weighted by Crippen LogP contribution is 2.27. The third kappa shape index (κ3) is 3.85. The van der Waals surface area contributed by atoms with Crippen LogP contribution >= 0.6 is 0 Å². The van der Waals surface area contributed by atoms with Crippen LogP contribution in [0, 0.1) is 0 Å². The second kappa shape index (κ2) is 6.89. The van der Waals surface area contributed by atoms with Gasteiger partial charge in [-0.15, -0.1) is 0 Å². The predicted molar refractivity (Wildman–Crippen MR) is 104 cm³/mol. The van der Waals surface area contributed by atoms with Crippen LogP contribution in [-0.4, -0.2) is 47.4 Å². The van der Waals surface area contributed by atoms with E-state index in [1.54, 1.807) is 0 Å². The zero-order valence-corrected chi connectivity index (χ0v) is 15.3. The molecule has 4 heteroatoms. The molecule has 0 spiro atoms. The van der Waals surface area contributed by atoms with Crippen LogP contribution < -0.4 is 5.73 Å². The first-order chi connectivity index (χ1) is 11.9. The van der Waals surface area contributed by atoms with Crippen molar-refractivity contribution >= 4 is 11.6 Å². The van der Waals surface area contributed by atoms with E-state index < -0.39 is 0 Å². The SMILES string of the molecule is CC(C)(C)N1CCN(C(=O)c2ccccc2-c2cccc(N)c2)CC1. The number of nitrogens with zero attached hydrogens (tertiary/aromatic N) is 2. The molecule has 0 atom stereocenters. The molecule has 0 bridgehead atoms. The summed E-state index contributed by atoms with van der Waals surface area (Å²) in [4.78, 5) is 17.5. The number of amides is 1. The summed E-state index contributed by atoms with van der Waals surface area (Å²) in [6.45, 7) is 10.0. The Kier molecular flexibility index (Phi) is 4.82. The highest BCUT2D eigenvalue weighted by molar-refractivity contribution is 6.01. The molecule has 0 saturated carbocycles. The minimum atomic E-state index is 0.103. The first-order valence-electron chi connectivity index (χ1n) is 8.85. The lowest BCUT2D eigenvalue weighted by Crippen LogP contribution is -2.54. The summed E-state index contributed by atoms with van der Waals surface area (Å²) in [6, 6.07) is 15.5. The Morgan fingerprint density at radius 1 is 0.960 bits per heavy atom. The highest BCUT2D eigenvalue weighted by Gasteiger charge is 2.28. The Bertz CT molecular complexity index is 756. The monoisotopic (exact) mass is 337 g/mol.